The van der Waals surface area contributed by atoms with Gasteiger partial charge >= 0.3 is 0 Å². The van der Waals surface area contributed by atoms with E-state index in [1.807, 2.05) is 12.1 Å². The number of ether oxygens (including phenoxy) is 2. The van der Waals surface area contributed by atoms with Crippen molar-refractivity contribution in [3.8, 4) is 11.5 Å². The molecule has 2 aliphatic carbocycles. The Morgan fingerprint density at radius 3 is 2.25 bits per heavy atom. The number of Topliss-reactive ketones (excluding diaryl/α,β-unsaturated/α-hetero) is 3. The van der Waals surface area contributed by atoms with E-state index in [-0.39, 0.29) is 36.1 Å². The molecule has 142 valence electrons. The van der Waals surface area contributed by atoms with Crippen molar-refractivity contribution in [2.75, 3.05) is 14.2 Å². The fourth-order valence-electron chi connectivity index (χ4n) is 4.17. The number of methoxy groups -OCH3 is 2. The highest BCUT2D eigenvalue weighted by atomic mass is 16.5. The zero-order chi connectivity index (χ0) is 19.8. The minimum atomic E-state index is -0.320. The third-order valence-electron chi connectivity index (χ3n) is 5.45. The van der Waals surface area contributed by atoms with E-state index in [0.717, 1.165) is 5.56 Å². The number of benzene rings is 2. The largest absolute Gasteiger partial charge is 0.493 e. The molecule has 0 radical (unpaired) electrons. The lowest BCUT2D eigenvalue weighted by Crippen LogP contribution is -2.33. The standard InChI is InChI=1S/C23H20O5/c1-27-19-8-7-13(10-20(19)28-2)9-14-11-15(24)12-18-21(14)23(26)17-6-4-3-5-16(17)22(18)25/h3-8,10,14H,9,11-12H2,1-2H3. The Bertz CT molecular complexity index is 1030. The fourth-order valence-corrected chi connectivity index (χ4v) is 4.17. The smallest absolute Gasteiger partial charge is 0.190 e. The van der Waals surface area contributed by atoms with E-state index < -0.39 is 0 Å². The number of ketones is 3. The van der Waals surface area contributed by atoms with Crippen molar-refractivity contribution in [1.82, 2.24) is 0 Å². The predicted octanol–water partition coefficient (Wildman–Crippen LogP) is 3.60. The van der Waals surface area contributed by atoms with E-state index in [1.54, 1.807) is 44.6 Å². The van der Waals surface area contributed by atoms with Crippen molar-refractivity contribution in [1.29, 1.82) is 0 Å². The molecule has 0 aliphatic heterocycles. The first-order valence-electron chi connectivity index (χ1n) is 9.17. The molecule has 0 spiro atoms. The average Bonchev–Trinajstić information content (AvgIpc) is 2.71. The molecule has 5 heteroatoms. The van der Waals surface area contributed by atoms with Crippen LogP contribution in [-0.2, 0) is 11.2 Å². The molecule has 0 amide bonds. The molecule has 0 saturated carbocycles. The van der Waals surface area contributed by atoms with Gasteiger partial charge in [0.2, 0.25) is 0 Å². The molecule has 2 aromatic carbocycles. The molecular weight excluding hydrogens is 356 g/mol. The van der Waals surface area contributed by atoms with Gasteiger partial charge in [-0.3, -0.25) is 14.4 Å². The van der Waals surface area contributed by atoms with Gasteiger partial charge in [-0.05, 0) is 30.0 Å². The summed E-state index contributed by atoms with van der Waals surface area (Å²) in [4.78, 5) is 38.5. The highest BCUT2D eigenvalue weighted by Gasteiger charge is 2.40. The number of rotatable bonds is 4. The zero-order valence-corrected chi connectivity index (χ0v) is 15.8. The average molecular weight is 376 g/mol. The SMILES string of the molecule is COc1ccc(CC2CC(=O)CC3=C2C(=O)c2ccccc2C3=O)cc1OC. The van der Waals surface area contributed by atoms with Crippen LogP contribution < -0.4 is 9.47 Å². The van der Waals surface area contributed by atoms with Crippen LogP contribution >= 0.6 is 0 Å². The van der Waals surface area contributed by atoms with Crippen LogP contribution in [0.1, 0.15) is 39.1 Å². The van der Waals surface area contributed by atoms with Crippen LogP contribution in [0.4, 0.5) is 0 Å². The Morgan fingerprint density at radius 1 is 0.893 bits per heavy atom. The van der Waals surface area contributed by atoms with E-state index >= 15 is 0 Å². The maximum atomic E-state index is 13.2. The maximum absolute atomic E-state index is 13.2. The van der Waals surface area contributed by atoms with Gasteiger partial charge in [-0.15, -0.1) is 0 Å². The number of allylic oxidation sites excluding steroid dienone is 2. The zero-order valence-electron chi connectivity index (χ0n) is 15.8. The number of hydrogen-bond donors (Lipinski definition) is 0. The van der Waals surface area contributed by atoms with Crippen LogP contribution in [-0.4, -0.2) is 31.6 Å². The summed E-state index contributed by atoms with van der Waals surface area (Å²) < 4.78 is 10.6. The molecule has 4 rings (SSSR count). The van der Waals surface area contributed by atoms with Gasteiger partial charge in [-0.25, -0.2) is 0 Å². The Labute approximate surface area is 163 Å². The molecule has 5 nitrogen and oxygen atoms in total. The number of fused-ring (bicyclic) bond motifs is 1. The molecule has 28 heavy (non-hydrogen) atoms. The van der Waals surface area contributed by atoms with Crippen molar-refractivity contribution in [2.24, 2.45) is 5.92 Å². The van der Waals surface area contributed by atoms with Gasteiger partial charge in [0.1, 0.15) is 5.78 Å². The Hall–Kier alpha value is -3.21. The van der Waals surface area contributed by atoms with Crippen molar-refractivity contribution in [3.05, 3.63) is 70.3 Å². The van der Waals surface area contributed by atoms with Gasteiger partial charge in [0.15, 0.2) is 23.1 Å². The van der Waals surface area contributed by atoms with E-state index in [4.69, 9.17) is 9.47 Å². The minimum absolute atomic E-state index is 0.00948. The maximum Gasteiger partial charge on any atom is 0.190 e. The van der Waals surface area contributed by atoms with Gasteiger partial charge in [-0.2, -0.15) is 0 Å². The second kappa shape index (κ2) is 7.08. The van der Waals surface area contributed by atoms with Gasteiger partial charge in [0.05, 0.1) is 14.2 Å². The summed E-state index contributed by atoms with van der Waals surface area (Å²) in [5.74, 6) is 0.541. The first-order valence-corrected chi connectivity index (χ1v) is 9.17. The lowest BCUT2D eigenvalue weighted by Gasteiger charge is -2.30. The van der Waals surface area contributed by atoms with Crippen molar-refractivity contribution < 1.29 is 23.9 Å². The molecule has 0 fully saturated rings. The molecular formula is C23H20O5. The van der Waals surface area contributed by atoms with Crippen LogP contribution in [0.15, 0.2) is 53.6 Å². The second-order valence-corrected chi connectivity index (χ2v) is 7.11. The third-order valence-corrected chi connectivity index (χ3v) is 5.45. The van der Waals surface area contributed by atoms with Gasteiger partial charge in [0, 0.05) is 35.1 Å². The molecule has 0 aromatic heterocycles. The molecule has 0 N–H and O–H groups in total. The quantitative estimate of drug-likeness (QED) is 0.815. The van der Waals surface area contributed by atoms with Crippen LogP contribution in [0.3, 0.4) is 0 Å². The molecule has 2 aliphatic rings. The van der Waals surface area contributed by atoms with Crippen LogP contribution in [0.2, 0.25) is 0 Å². The summed E-state index contributed by atoms with van der Waals surface area (Å²) in [6, 6.07) is 12.4. The second-order valence-electron chi connectivity index (χ2n) is 7.11. The van der Waals surface area contributed by atoms with E-state index in [1.165, 1.54) is 0 Å². The normalized spacial score (nSPS) is 18.6. The number of carbonyl (C=O) groups excluding carboxylic acids is 3. The Kier molecular flexibility index (Phi) is 4.59. The van der Waals surface area contributed by atoms with Gasteiger partial charge in [0.25, 0.3) is 0 Å². The van der Waals surface area contributed by atoms with Crippen LogP contribution in [0, 0.1) is 5.92 Å². The Morgan fingerprint density at radius 2 is 1.57 bits per heavy atom. The summed E-state index contributed by atoms with van der Waals surface area (Å²) >= 11 is 0. The molecule has 0 heterocycles. The predicted molar refractivity (Wildman–Crippen MR) is 103 cm³/mol. The highest BCUT2D eigenvalue weighted by Crippen LogP contribution is 2.39. The molecule has 1 unspecified atom stereocenters. The van der Waals surface area contributed by atoms with Crippen molar-refractivity contribution in [3.63, 3.8) is 0 Å². The first kappa shape index (κ1) is 18.2. The lowest BCUT2D eigenvalue weighted by atomic mass is 9.70. The Balaban J connectivity index is 1.74. The van der Waals surface area contributed by atoms with Gasteiger partial charge in [-0.1, -0.05) is 30.3 Å². The fraction of sp³-hybridized carbons (Fsp3) is 0.261. The van der Waals surface area contributed by atoms with Crippen LogP contribution in [0.5, 0.6) is 11.5 Å². The van der Waals surface area contributed by atoms with E-state index in [0.29, 0.717) is 40.2 Å². The summed E-state index contributed by atoms with van der Waals surface area (Å²) in [5, 5.41) is 0. The molecule has 2 aromatic rings. The number of carbonyl (C=O) groups is 3. The molecule has 0 saturated heterocycles. The summed E-state index contributed by atoms with van der Waals surface area (Å²) in [7, 11) is 3.13. The lowest BCUT2D eigenvalue weighted by molar-refractivity contribution is -0.119. The molecule has 1 atom stereocenters. The third kappa shape index (κ3) is 2.93. The van der Waals surface area contributed by atoms with E-state index in [9.17, 15) is 14.4 Å². The summed E-state index contributed by atoms with van der Waals surface area (Å²) in [6.45, 7) is 0. The van der Waals surface area contributed by atoms with Crippen molar-refractivity contribution in [2.45, 2.75) is 19.3 Å². The molecule has 0 bridgehead atoms. The van der Waals surface area contributed by atoms with Crippen molar-refractivity contribution >= 4 is 17.3 Å². The first-order chi connectivity index (χ1) is 13.5. The van der Waals surface area contributed by atoms with Crippen LogP contribution in [0.25, 0.3) is 0 Å². The highest BCUT2D eigenvalue weighted by molar-refractivity contribution is 6.28. The van der Waals surface area contributed by atoms with Gasteiger partial charge < -0.3 is 9.47 Å². The van der Waals surface area contributed by atoms with E-state index in [2.05, 4.69) is 0 Å². The topological polar surface area (TPSA) is 69.7 Å². The number of hydrogen-bond acceptors (Lipinski definition) is 5. The minimum Gasteiger partial charge on any atom is -0.493 e. The summed E-state index contributed by atoms with van der Waals surface area (Å²) in [6.07, 6.45) is 0.775. The monoisotopic (exact) mass is 376 g/mol. The summed E-state index contributed by atoms with van der Waals surface area (Å²) in [5.41, 5.74) is 2.61.